The second kappa shape index (κ2) is 10.7. The minimum Gasteiger partial charge on any atom is -0.493 e. The van der Waals surface area contributed by atoms with E-state index in [0.717, 1.165) is 30.1 Å². The molecule has 3 heterocycles. The third-order valence-corrected chi connectivity index (χ3v) is 7.56. The summed E-state index contributed by atoms with van der Waals surface area (Å²) in [6.07, 6.45) is -5.29. The monoisotopic (exact) mass is 584 g/mol. The first-order chi connectivity index (χ1) is 19.4. The van der Waals surface area contributed by atoms with Crippen LogP contribution in [-0.4, -0.2) is 69.9 Å². The number of likely N-dealkylation sites (tertiary alicyclic amines) is 1. The Hall–Kier alpha value is -4.04. The number of nitrogens with one attached hydrogen (secondary N) is 1. The third kappa shape index (κ3) is 5.36. The quantitative estimate of drug-likeness (QED) is 0.439. The van der Waals surface area contributed by atoms with Crippen molar-refractivity contribution >= 4 is 23.1 Å². The van der Waals surface area contributed by atoms with Crippen LogP contribution >= 0.6 is 0 Å². The summed E-state index contributed by atoms with van der Waals surface area (Å²) < 4.78 is 90.7. The highest BCUT2D eigenvalue weighted by Gasteiger charge is 2.40. The normalized spacial score (nSPS) is 23.1. The fourth-order valence-corrected chi connectivity index (χ4v) is 5.49. The fraction of sp³-hybridized carbons (Fsp3) is 0.462. The molecular weight excluding hydrogens is 558 g/mol. The van der Waals surface area contributed by atoms with Crippen molar-refractivity contribution in [3.05, 3.63) is 41.5 Å². The molecule has 0 spiro atoms. The average molecular weight is 585 g/mol. The van der Waals surface area contributed by atoms with Gasteiger partial charge in [-0.2, -0.15) is 18.3 Å². The third-order valence-electron chi connectivity index (χ3n) is 7.56. The largest absolute Gasteiger partial charge is 0.493 e. The summed E-state index contributed by atoms with van der Waals surface area (Å²) in [5.74, 6) is -3.74. The molecule has 0 radical (unpaired) electrons. The van der Waals surface area contributed by atoms with Crippen molar-refractivity contribution in [2.75, 3.05) is 25.9 Å². The smallest absolute Gasteiger partial charge is 0.418 e. The lowest BCUT2D eigenvalue weighted by Crippen LogP contribution is -2.42. The van der Waals surface area contributed by atoms with E-state index in [2.05, 4.69) is 15.4 Å². The van der Waals surface area contributed by atoms with Gasteiger partial charge >= 0.3 is 6.18 Å². The fourth-order valence-electron chi connectivity index (χ4n) is 5.49. The Morgan fingerprint density at radius 2 is 1.80 bits per heavy atom. The van der Waals surface area contributed by atoms with E-state index < -0.39 is 70.4 Å². The van der Waals surface area contributed by atoms with Gasteiger partial charge in [-0.05, 0) is 43.9 Å². The number of hydrogen-bond acceptors (Lipinski definition) is 6. The van der Waals surface area contributed by atoms with Crippen LogP contribution in [0.3, 0.4) is 0 Å². The van der Waals surface area contributed by atoms with Gasteiger partial charge in [-0.3, -0.25) is 9.59 Å². The zero-order valence-corrected chi connectivity index (χ0v) is 21.7. The lowest BCUT2D eigenvalue weighted by atomic mass is 9.87. The molecule has 1 saturated heterocycles. The first kappa shape index (κ1) is 28.5. The highest BCUT2D eigenvalue weighted by Crippen LogP contribution is 2.40. The number of ether oxygens (including phenoxy) is 1. The number of hydrogen-bond donors (Lipinski definition) is 2. The summed E-state index contributed by atoms with van der Waals surface area (Å²) in [7, 11) is 1.09. The summed E-state index contributed by atoms with van der Waals surface area (Å²) in [6, 6.07) is 1.53. The number of nitrogens with two attached hydrogens (primary N) is 1. The number of methoxy groups -OCH3 is 1. The molecule has 15 heteroatoms. The van der Waals surface area contributed by atoms with Crippen molar-refractivity contribution in [3.8, 4) is 17.0 Å². The average Bonchev–Trinajstić information content (AvgIpc) is 3.50. The van der Waals surface area contributed by atoms with Crippen molar-refractivity contribution in [2.24, 2.45) is 5.92 Å². The summed E-state index contributed by atoms with van der Waals surface area (Å²) in [5, 5.41) is 6.27. The van der Waals surface area contributed by atoms with Gasteiger partial charge in [-0.25, -0.2) is 22.7 Å². The molecular formula is C26H26F6N6O3. The minimum absolute atomic E-state index is 0.153. The Bertz CT molecular complexity index is 1490. The van der Waals surface area contributed by atoms with Crippen molar-refractivity contribution in [1.29, 1.82) is 0 Å². The number of carbonyl (C=O) groups excluding carboxylic acids is 2. The number of alkyl halides is 5. The molecule has 41 heavy (non-hydrogen) atoms. The van der Waals surface area contributed by atoms with E-state index >= 15 is 4.39 Å². The zero-order chi connectivity index (χ0) is 29.6. The molecule has 2 fully saturated rings. The van der Waals surface area contributed by atoms with Crippen LogP contribution in [0.25, 0.3) is 16.8 Å². The number of carbonyl (C=O) groups is 2. The number of nitrogen functional groups attached to an aromatic ring is 1. The number of fused-ring (bicyclic) bond motifs is 1. The van der Waals surface area contributed by atoms with E-state index in [9.17, 15) is 31.5 Å². The highest BCUT2D eigenvalue weighted by atomic mass is 19.4. The summed E-state index contributed by atoms with van der Waals surface area (Å²) in [5.41, 5.74) is 3.16. The molecule has 3 N–H and O–H groups in total. The summed E-state index contributed by atoms with van der Waals surface area (Å²) in [4.78, 5) is 31.0. The lowest BCUT2D eigenvalue weighted by Gasteiger charge is -2.27. The van der Waals surface area contributed by atoms with Gasteiger partial charge in [0.25, 0.3) is 5.91 Å². The minimum atomic E-state index is -4.85. The summed E-state index contributed by atoms with van der Waals surface area (Å²) in [6.45, 7) is -0.428. The van der Waals surface area contributed by atoms with Crippen molar-refractivity contribution < 1.29 is 40.7 Å². The standard InChI is InChI=1S/C26H26F6N6O3/c1-41-22-15(24(39)36-19-10-37(9-18(19)29)25(40)12-2-4-14(27)5-3-12)6-13(7-17(22)28)20-8-16(26(30,31)32)21-23(33)34-11-35-38(20)21/h6-8,11-12,14,18-19H,2-5,9-10H2,1H3,(H,36,39)(H2,33,34,35)/t12?,14?,18-,19+/m0/s1. The molecule has 3 aromatic rings. The van der Waals surface area contributed by atoms with E-state index in [4.69, 9.17) is 10.5 Å². The van der Waals surface area contributed by atoms with Crippen LogP contribution in [0.1, 0.15) is 41.6 Å². The van der Waals surface area contributed by atoms with Crippen molar-refractivity contribution in [3.63, 3.8) is 0 Å². The molecule has 2 atom stereocenters. The molecule has 5 rings (SSSR count). The van der Waals surface area contributed by atoms with Crippen molar-refractivity contribution in [1.82, 2.24) is 24.8 Å². The van der Waals surface area contributed by atoms with E-state index in [1.807, 2.05) is 0 Å². The second-order valence-electron chi connectivity index (χ2n) is 10.2. The number of nitrogens with zero attached hydrogens (tertiary/aromatic N) is 4. The van der Waals surface area contributed by atoms with Crippen LogP contribution < -0.4 is 15.8 Å². The van der Waals surface area contributed by atoms with Crippen molar-refractivity contribution in [2.45, 2.75) is 50.2 Å². The van der Waals surface area contributed by atoms with Crippen LogP contribution in [0.2, 0.25) is 0 Å². The van der Waals surface area contributed by atoms with Crippen LogP contribution in [-0.2, 0) is 11.0 Å². The predicted octanol–water partition coefficient (Wildman–Crippen LogP) is 3.95. The lowest BCUT2D eigenvalue weighted by molar-refractivity contribution is -0.137. The molecule has 1 saturated carbocycles. The van der Waals surface area contributed by atoms with E-state index in [1.165, 1.54) is 4.90 Å². The van der Waals surface area contributed by atoms with Gasteiger partial charge in [-0.1, -0.05) is 0 Å². The molecule has 9 nitrogen and oxygen atoms in total. The molecule has 1 aromatic carbocycles. The van der Waals surface area contributed by atoms with E-state index in [1.54, 1.807) is 0 Å². The van der Waals surface area contributed by atoms with E-state index in [0.29, 0.717) is 18.9 Å². The van der Waals surface area contributed by atoms with Crippen LogP contribution in [0.15, 0.2) is 24.5 Å². The van der Waals surface area contributed by atoms with Gasteiger partial charge in [0.05, 0.1) is 36.5 Å². The predicted molar refractivity (Wildman–Crippen MR) is 134 cm³/mol. The maximum Gasteiger partial charge on any atom is 0.418 e. The zero-order valence-electron chi connectivity index (χ0n) is 21.7. The van der Waals surface area contributed by atoms with E-state index in [-0.39, 0.29) is 43.1 Å². The topological polar surface area (TPSA) is 115 Å². The Morgan fingerprint density at radius 3 is 2.46 bits per heavy atom. The molecule has 0 unspecified atom stereocenters. The SMILES string of the molecule is COc1c(F)cc(-c2cc(C(F)(F)F)c3c(N)ncnn23)cc1C(=O)N[C@@H]1CN(C(=O)C2CCC(F)CC2)C[C@@H]1F. The maximum absolute atomic E-state index is 15.1. The Kier molecular flexibility index (Phi) is 7.46. The molecule has 220 valence electrons. The van der Waals surface area contributed by atoms with Crippen LogP contribution in [0.4, 0.5) is 32.2 Å². The molecule has 2 aliphatic rings. The highest BCUT2D eigenvalue weighted by molar-refractivity contribution is 5.99. The molecule has 2 amide bonds. The maximum atomic E-state index is 15.1. The number of amides is 2. The number of halogens is 6. The molecule has 1 aliphatic heterocycles. The first-order valence-electron chi connectivity index (χ1n) is 12.8. The Labute approximate surface area is 229 Å². The Balaban J connectivity index is 1.43. The van der Waals surface area contributed by atoms with Gasteiger partial charge in [0.15, 0.2) is 17.4 Å². The first-order valence-corrected chi connectivity index (χ1v) is 12.8. The molecule has 0 bridgehead atoms. The van der Waals surface area contributed by atoms with Gasteiger partial charge in [0, 0.05) is 18.0 Å². The van der Waals surface area contributed by atoms with Gasteiger partial charge in [-0.15, -0.1) is 0 Å². The number of anilines is 1. The number of aromatic nitrogens is 3. The van der Waals surface area contributed by atoms with Crippen LogP contribution in [0.5, 0.6) is 5.75 Å². The second-order valence-corrected chi connectivity index (χ2v) is 10.2. The van der Waals surface area contributed by atoms with Crippen LogP contribution in [0, 0.1) is 11.7 Å². The van der Waals surface area contributed by atoms with Gasteiger partial charge in [0.2, 0.25) is 5.91 Å². The Morgan fingerprint density at radius 1 is 1.10 bits per heavy atom. The number of rotatable bonds is 5. The van der Waals surface area contributed by atoms with Gasteiger partial charge in [0.1, 0.15) is 24.2 Å². The summed E-state index contributed by atoms with van der Waals surface area (Å²) >= 11 is 0. The molecule has 1 aliphatic carbocycles. The van der Waals surface area contributed by atoms with Gasteiger partial charge < -0.3 is 20.7 Å². The number of benzene rings is 1. The molecule has 2 aromatic heterocycles.